The zero-order valence-corrected chi connectivity index (χ0v) is 17.0. The maximum absolute atomic E-state index is 11.4. The van der Waals surface area contributed by atoms with Gasteiger partial charge in [0.1, 0.15) is 12.2 Å². The zero-order valence-electron chi connectivity index (χ0n) is 17.0. The molecular weight excluding hydrogens is 356 g/mol. The summed E-state index contributed by atoms with van der Waals surface area (Å²) < 4.78 is 5.36. The largest absolute Gasteiger partial charge is 0.459 e. The first-order valence-electron chi connectivity index (χ1n) is 10.5. The first kappa shape index (κ1) is 19.9. The molecule has 3 saturated carbocycles. The lowest BCUT2D eigenvalue weighted by Gasteiger charge is -2.59. The summed E-state index contributed by atoms with van der Waals surface area (Å²) in [4.78, 5) is 11.4. The lowest BCUT2D eigenvalue weighted by Crippen LogP contribution is -2.57. The fourth-order valence-electron chi connectivity index (χ4n) is 7.32. The van der Waals surface area contributed by atoms with Crippen molar-refractivity contribution in [3.05, 3.63) is 11.6 Å². The Labute approximate surface area is 167 Å². The first-order chi connectivity index (χ1) is 13.1. The number of hydrogen-bond acceptors (Lipinski definition) is 5. The van der Waals surface area contributed by atoms with E-state index in [1.165, 1.54) is 6.92 Å². The second kappa shape index (κ2) is 6.32. The third-order valence-electron chi connectivity index (χ3n) is 8.90. The Hall–Kier alpha value is -1.35. The van der Waals surface area contributed by atoms with Crippen LogP contribution in [-0.2, 0) is 9.53 Å². The molecule has 0 aliphatic heterocycles. The van der Waals surface area contributed by atoms with Gasteiger partial charge in [0.15, 0.2) is 5.60 Å². The number of esters is 1. The predicted octanol–water partition coefficient (Wildman–Crippen LogP) is 2.19. The van der Waals surface area contributed by atoms with Crippen molar-refractivity contribution in [1.82, 2.24) is 0 Å². The minimum Gasteiger partial charge on any atom is -0.459 e. The van der Waals surface area contributed by atoms with Gasteiger partial charge in [0, 0.05) is 12.3 Å². The van der Waals surface area contributed by atoms with Gasteiger partial charge in [-0.2, -0.15) is 0 Å². The Morgan fingerprint density at radius 3 is 2.61 bits per heavy atom. The van der Waals surface area contributed by atoms with Crippen LogP contribution in [0.3, 0.4) is 0 Å². The van der Waals surface area contributed by atoms with Gasteiger partial charge in [-0.25, -0.2) is 0 Å². The first-order valence-corrected chi connectivity index (χ1v) is 10.5. The van der Waals surface area contributed by atoms with Crippen LogP contribution in [0.1, 0.15) is 59.3 Å². The van der Waals surface area contributed by atoms with Crippen LogP contribution in [0.5, 0.6) is 0 Å². The molecule has 0 heterocycles. The molecule has 0 aromatic carbocycles. The van der Waals surface area contributed by atoms with Crippen molar-refractivity contribution in [2.75, 3.05) is 0 Å². The second-order valence-corrected chi connectivity index (χ2v) is 9.94. The number of allylic oxidation sites excluding steroid dienone is 1. The van der Waals surface area contributed by atoms with Gasteiger partial charge in [-0.05, 0) is 67.3 Å². The lowest BCUT2D eigenvalue weighted by atomic mass is 9.46. The normalized spacial score (nSPS) is 52.5. The van der Waals surface area contributed by atoms with Gasteiger partial charge in [-0.15, -0.1) is 6.42 Å². The Bertz CT molecular complexity index is 753. The van der Waals surface area contributed by atoms with E-state index in [0.29, 0.717) is 24.7 Å². The monoisotopic (exact) mass is 388 g/mol. The van der Waals surface area contributed by atoms with Crippen molar-refractivity contribution in [3.8, 4) is 12.3 Å². The van der Waals surface area contributed by atoms with E-state index in [-0.39, 0.29) is 17.3 Å². The van der Waals surface area contributed by atoms with Crippen LogP contribution >= 0.6 is 0 Å². The standard InChI is InChI=1S/C23H32O5/c1-5-23(27)19(25)12-17-14-6-7-16-20(26)18(28-13(2)24)9-10-21(16,3)15(14)8-11-22(17,23)4/h1,7,14-15,17-20,25-27H,6,8-12H2,2-4H3/t14-,15+,17+,18-,19-,20-,21-,22+,23+/m1/s1. The molecule has 0 spiro atoms. The smallest absolute Gasteiger partial charge is 0.303 e. The zero-order chi connectivity index (χ0) is 20.5. The minimum atomic E-state index is -1.47. The summed E-state index contributed by atoms with van der Waals surface area (Å²) in [6.45, 7) is 5.65. The van der Waals surface area contributed by atoms with E-state index >= 15 is 0 Å². The highest BCUT2D eigenvalue weighted by molar-refractivity contribution is 5.66. The SMILES string of the molecule is C#C[C@]1(O)[C@H](O)C[C@H]2[C@@H]3CC=C4[C@@H](O)[C@H](OC(C)=O)CC[C@]4(C)[C@H]3CC[C@@]21C. The van der Waals surface area contributed by atoms with E-state index in [1.807, 2.05) is 6.92 Å². The number of ether oxygens (including phenoxy) is 1. The molecule has 4 aliphatic rings. The molecule has 0 bridgehead atoms. The molecule has 9 atom stereocenters. The molecule has 154 valence electrons. The maximum atomic E-state index is 11.4. The van der Waals surface area contributed by atoms with Crippen molar-refractivity contribution in [2.24, 2.45) is 28.6 Å². The van der Waals surface area contributed by atoms with E-state index in [9.17, 15) is 20.1 Å². The van der Waals surface area contributed by atoms with Crippen LogP contribution in [0.15, 0.2) is 11.6 Å². The van der Waals surface area contributed by atoms with E-state index < -0.39 is 29.3 Å². The average molecular weight is 389 g/mol. The van der Waals surface area contributed by atoms with Crippen molar-refractivity contribution in [2.45, 2.75) is 83.2 Å². The van der Waals surface area contributed by atoms with Crippen molar-refractivity contribution >= 4 is 5.97 Å². The van der Waals surface area contributed by atoms with Gasteiger partial charge in [-0.1, -0.05) is 25.8 Å². The molecule has 0 aromatic heterocycles. The molecule has 3 fully saturated rings. The molecule has 4 rings (SSSR count). The summed E-state index contributed by atoms with van der Waals surface area (Å²) in [5.74, 6) is 3.01. The van der Waals surface area contributed by atoms with Crippen LogP contribution < -0.4 is 0 Å². The molecule has 0 amide bonds. The van der Waals surface area contributed by atoms with Gasteiger partial charge in [-0.3, -0.25) is 4.79 Å². The average Bonchev–Trinajstić information content (AvgIpc) is 2.85. The molecule has 0 radical (unpaired) electrons. The van der Waals surface area contributed by atoms with Crippen LogP contribution in [-0.4, -0.2) is 45.2 Å². The fourth-order valence-corrected chi connectivity index (χ4v) is 7.32. The molecular formula is C23H32O5. The fraction of sp³-hybridized carbons (Fsp3) is 0.783. The summed E-state index contributed by atoms with van der Waals surface area (Å²) >= 11 is 0. The quantitative estimate of drug-likeness (QED) is 0.364. The predicted molar refractivity (Wildman–Crippen MR) is 104 cm³/mol. The number of carbonyl (C=O) groups excluding carboxylic acids is 1. The number of aliphatic hydroxyl groups excluding tert-OH is 2. The molecule has 4 aliphatic carbocycles. The van der Waals surface area contributed by atoms with Gasteiger partial charge in [0.25, 0.3) is 0 Å². The summed E-state index contributed by atoms with van der Waals surface area (Å²) in [5, 5.41) is 32.6. The van der Waals surface area contributed by atoms with E-state index in [4.69, 9.17) is 11.2 Å². The Morgan fingerprint density at radius 2 is 1.96 bits per heavy atom. The topological polar surface area (TPSA) is 87.0 Å². The number of fused-ring (bicyclic) bond motifs is 5. The molecule has 0 unspecified atom stereocenters. The van der Waals surface area contributed by atoms with Crippen molar-refractivity contribution in [1.29, 1.82) is 0 Å². The lowest BCUT2D eigenvalue weighted by molar-refractivity contribution is -0.157. The highest BCUT2D eigenvalue weighted by Crippen LogP contribution is 2.67. The van der Waals surface area contributed by atoms with Gasteiger partial charge in [0.05, 0.1) is 6.10 Å². The molecule has 0 aromatic rings. The highest BCUT2D eigenvalue weighted by atomic mass is 16.6. The van der Waals surface area contributed by atoms with Crippen molar-refractivity contribution in [3.63, 3.8) is 0 Å². The van der Waals surface area contributed by atoms with Gasteiger partial charge < -0.3 is 20.1 Å². The van der Waals surface area contributed by atoms with E-state index in [1.54, 1.807) is 0 Å². The number of hydrogen-bond donors (Lipinski definition) is 3. The van der Waals surface area contributed by atoms with E-state index in [0.717, 1.165) is 31.3 Å². The summed E-state index contributed by atoms with van der Waals surface area (Å²) in [7, 11) is 0. The van der Waals surface area contributed by atoms with Crippen LogP contribution in [0.25, 0.3) is 0 Å². The van der Waals surface area contributed by atoms with Crippen LogP contribution in [0, 0.1) is 40.9 Å². The van der Waals surface area contributed by atoms with Crippen LogP contribution in [0.2, 0.25) is 0 Å². The molecule has 5 nitrogen and oxygen atoms in total. The van der Waals surface area contributed by atoms with Crippen molar-refractivity contribution < 1.29 is 24.9 Å². The summed E-state index contributed by atoms with van der Waals surface area (Å²) in [6, 6.07) is 0. The Kier molecular flexibility index (Phi) is 4.50. The van der Waals surface area contributed by atoms with E-state index in [2.05, 4.69) is 18.9 Å². The number of rotatable bonds is 1. The number of aliphatic hydroxyl groups is 3. The Balaban J connectivity index is 1.67. The second-order valence-electron chi connectivity index (χ2n) is 9.94. The third kappa shape index (κ3) is 2.41. The number of terminal acetylenes is 1. The van der Waals surface area contributed by atoms with Crippen LogP contribution in [0.4, 0.5) is 0 Å². The summed E-state index contributed by atoms with van der Waals surface area (Å²) in [6.07, 6.45) is 10.2. The minimum absolute atomic E-state index is 0.151. The van der Waals surface area contributed by atoms with Gasteiger partial charge in [0.2, 0.25) is 0 Å². The molecule has 0 saturated heterocycles. The number of carbonyl (C=O) groups is 1. The summed E-state index contributed by atoms with van der Waals surface area (Å²) in [5.41, 5.74) is -1.11. The maximum Gasteiger partial charge on any atom is 0.303 e. The third-order valence-corrected chi connectivity index (χ3v) is 8.90. The highest BCUT2D eigenvalue weighted by Gasteiger charge is 2.67. The van der Waals surface area contributed by atoms with Gasteiger partial charge >= 0.3 is 5.97 Å². The molecule has 28 heavy (non-hydrogen) atoms. The molecule has 5 heteroatoms. The molecule has 3 N–H and O–H groups in total. The Morgan fingerprint density at radius 1 is 1.25 bits per heavy atom.